The van der Waals surface area contributed by atoms with E-state index in [1.54, 1.807) is 5.01 Å². The summed E-state index contributed by atoms with van der Waals surface area (Å²) < 4.78 is 0. The summed E-state index contributed by atoms with van der Waals surface area (Å²) >= 11 is 1.42. The van der Waals surface area contributed by atoms with Crippen molar-refractivity contribution in [1.82, 2.24) is 20.4 Å². The number of aromatic nitrogens is 2. The standard InChI is InChI=1S/C26H26N4OS/c31-24(30-23(16-17-27-30)19-10-4-1-5-11-19)18-32-26-28-22-15-9-3-8-14-21(22)25(29-26)20-12-6-2-7-13-20/h1-2,4-7,10-13,16-17,23,27H,3,8-9,14-15,18H2/t23-/m0/s1. The van der Waals surface area contributed by atoms with Crippen molar-refractivity contribution in [3.05, 3.63) is 89.8 Å². The molecule has 2 aliphatic rings. The van der Waals surface area contributed by atoms with E-state index in [2.05, 4.69) is 17.6 Å². The molecule has 0 bridgehead atoms. The fourth-order valence-corrected chi connectivity index (χ4v) is 5.08. The first-order valence-corrected chi connectivity index (χ1v) is 12.2. The predicted octanol–water partition coefficient (Wildman–Crippen LogP) is 5.11. The molecule has 0 saturated heterocycles. The van der Waals surface area contributed by atoms with Crippen LogP contribution < -0.4 is 5.43 Å². The number of rotatable bonds is 5. The number of hydrogen-bond donors (Lipinski definition) is 1. The number of carbonyl (C=O) groups excluding carboxylic acids is 1. The molecule has 1 aliphatic carbocycles. The zero-order valence-electron chi connectivity index (χ0n) is 17.9. The maximum Gasteiger partial charge on any atom is 0.252 e. The highest BCUT2D eigenvalue weighted by atomic mass is 32.2. The van der Waals surface area contributed by atoms with E-state index >= 15 is 0 Å². The average molecular weight is 443 g/mol. The lowest BCUT2D eigenvalue weighted by Gasteiger charge is -2.24. The van der Waals surface area contributed by atoms with Crippen LogP contribution >= 0.6 is 11.8 Å². The van der Waals surface area contributed by atoms with Gasteiger partial charge in [-0.15, -0.1) is 0 Å². The summed E-state index contributed by atoms with van der Waals surface area (Å²) in [6.07, 6.45) is 9.38. The monoisotopic (exact) mass is 442 g/mol. The van der Waals surface area contributed by atoms with Gasteiger partial charge in [0.1, 0.15) is 0 Å². The minimum atomic E-state index is -0.0999. The van der Waals surface area contributed by atoms with E-state index in [-0.39, 0.29) is 17.7 Å². The van der Waals surface area contributed by atoms with Gasteiger partial charge in [0.05, 0.1) is 17.5 Å². The predicted molar refractivity (Wildman–Crippen MR) is 128 cm³/mol. The molecule has 32 heavy (non-hydrogen) atoms. The van der Waals surface area contributed by atoms with Crippen LogP contribution in [-0.4, -0.2) is 26.6 Å². The summed E-state index contributed by atoms with van der Waals surface area (Å²) in [5.41, 5.74) is 8.74. The van der Waals surface area contributed by atoms with Crippen LogP contribution in [0.25, 0.3) is 11.3 Å². The van der Waals surface area contributed by atoms with Crippen LogP contribution in [-0.2, 0) is 17.6 Å². The molecule has 2 aromatic carbocycles. The number of carbonyl (C=O) groups is 1. The van der Waals surface area contributed by atoms with Gasteiger partial charge in [0, 0.05) is 23.0 Å². The maximum absolute atomic E-state index is 13.0. The Kier molecular flexibility index (Phi) is 6.21. The average Bonchev–Trinajstić information content (AvgIpc) is 3.22. The quantitative estimate of drug-likeness (QED) is 0.338. The molecule has 1 amide bonds. The van der Waals surface area contributed by atoms with E-state index in [1.807, 2.05) is 60.8 Å². The van der Waals surface area contributed by atoms with Crippen LogP contribution in [0.4, 0.5) is 0 Å². The van der Waals surface area contributed by atoms with Gasteiger partial charge in [0.2, 0.25) is 0 Å². The molecule has 6 heteroatoms. The molecule has 1 aliphatic heterocycles. The third kappa shape index (κ3) is 4.41. The third-order valence-electron chi connectivity index (χ3n) is 5.96. The van der Waals surface area contributed by atoms with E-state index in [0.29, 0.717) is 5.16 Å². The van der Waals surface area contributed by atoms with Gasteiger partial charge in [0.15, 0.2) is 5.16 Å². The van der Waals surface area contributed by atoms with Crippen molar-refractivity contribution in [1.29, 1.82) is 0 Å². The number of nitrogens with zero attached hydrogens (tertiary/aromatic N) is 3. The molecule has 3 aromatic rings. The highest BCUT2D eigenvalue weighted by molar-refractivity contribution is 7.99. The van der Waals surface area contributed by atoms with E-state index in [1.165, 1.54) is 30.2 Å². The van der Waals surface area contributed by atoms with E-state index in [9.17, 15) is 4.79 Å². The Morgan fingerprint density at radius 3 is 2.53 bits per heavy atom. The summed E-state index contributed by atoms with van der Waals surface area (Å²) in [5, 5.41) is 2.37. The number of aryl methyl sites for hydroxylation is 1. The molecule has 5 nitrogen and oxygen atoms in total. The summed E-state index contributed by atoms with van der Waals surface area (Å²) in [7, 11) is 0. The third-order valence-corrected chi connectivity index (χ3v) is 6.80. The molecule has 1 atom stereocenters. The molecular weight excluding hydrogens is 416 g/mol. The van der Waals surface area contributed by atoms with Crippen LogP contribution in [0.1, 0.15) is 42.1 Å². The highest BCUT2D eigenvalue weighted by Gasteiger charge is 2.27. The van der Waals surface area contributed by atoms with Crippen LogP contribution in [0, 0.1) is 0 Å². The summed E-state index contributed by atoms with van der Waals surface area (Å²) in [6, 6.07) is 20.3. The molecular formula is C26H26N4OS. The fourth-order valence-electron chi connectivity index (χ4n) is 4.36. The van der Waals surface area contributed by atoms with Crippen molar-refractivity contribution in [3.8, 4) is 11.3 Å². The van der Waals surface area contributed by atoms with Crippen LogP contribution in [0.15, 0.2) is 78.1 Å². The molecule has 1 N–H and O–H groups in total. The molecule has 2 heterocycles. The van der Waals surface area contributed by atoms with Crippen molar-refractivity contribution in [2.24, 2.45) is 0 Å². The number of amides is 1. The summed E-state index contributed by atoms with van der Waals surface area (Å²) in [6.45, 7) is 0. The lowest BCUT2D eigenvalue weighted by molar-refractivity contribution is -0.131. The topological polar surface area (TPSA) is 58.1 Å². The molecule has 0 fully saturated rings. The van der Waals surface area contributed by atoms with Gasteiger partial charge >= 0.3 is 0 Å². The minimum absolute atomic E-state index is 0.00802. The molecule has 0 unspecified atom stereocenters. The lowest BCUT2D eigenvalue weighted by atomic mass is 10.0. The first-order chi connectivity index (χ1) is 15.8. The van der Waals surface area contributed by atoms with Crippen molar-refractivity contribution in [3.63, 3.8) is 0 Å². The molecule has 162 valence electrons. The van der Waals surface area contributed by atoms with Crippen LogP contribution in [0.3, 0.4) is 0 Å². The van der Waals surface area contributed by atoms with E-state index in [0.717, 1.165) is 41.8 Å². The fraction of sp³-hybridized carbons (Fsp3) is 0.269. The Hall–Kier alpha value is -3.12. The Bertz CT molecular complexity index is 1120. The Labute approximate surface area is 192 Å². The van der Waals surface area contributed by atoms with Gasteiger partial charge in [-0.25, -0.2) is 15.0 Å². The van der Waals surface area contributed by atoms with Crippen LogP contribution in [0.2, 0.25) is 0 Å². The number of benzene rings is 2. The second kappa shape index (κ2) is 9.57. The Balaban J connectivity index is 1.36. The number of hydrogen-bond acceptors (Lipinski definition) is 5. The van der Waals surface area contributed by atoms with E-state index < -0.39 is 0 Å². The first-order valence-electron chi connectivity index (χ1n) is 11.2. The Morgan fingerprint density at radius 2 is 1.72 bits per heavy atom. The second-order valence-corrected chi connectivity index (χ2v) is 9.05. The normalized spacial score (nSPS) is 17.5. The van der Waals surface area contributed by atoms with Gasteiger partial charge in [-0.2, -0.15) is 0 Å². The minimum Gasteiger partial charge on any atom is -0.303 e. The van der Waals surface area contributed by atoms with Gasteiger partial charge in [-0.05, 0) is 37.3 Å². The van der Waals surface area contributed by atoms with Crippen molar-refractivity contribution < 1.29 is 4.79 Å². The summed E-state index contributed by atoms with van der Waals surface area (Å²) in [4.78, 5) is 22.8. The lowest BCUT2D eigenvalue weighted by Crippen LogP contribution is -2.39. The number of hydrazine groups is 1. The molecule has 0 saturated carbocycles. The maximum atomic E-state index is 13.0. The molecule has 1 aromatic heterocycles. The van der Waals surface area contributed by atoms with Gasteiger partial charge < -0.3 is 5.43 Å². The van der Waals surface area contributed by atoms with Gasteiger partial charge in [-0.1, -0.05) is 78.8 Å². The second-order valence-electron chi connectivity index (χ2n) is 8.10. The molecule has 0 spiro atoms. The number of thioether (sulfide) groups is 1. The Morgan fingerprint density at radius 1 is 0.969 bits per heavy atom. The van der Waals surface area contributed by atoms with Gasteiger partial charge in [0.25, 0.3) is 5.91 Å². The van der Waals surface area contributed by atoms with Crippen molar-refractivity contribution in [2.45, 2.75) is 43.3 Å². The SMILES string of the molecule is O=C(CSc1nc2c(c(-c3ccccc3)n1)CCCCC2)N1NC=C[C@H]1c1ccccc1. The van der Waals surface area contributed by atoms with Crippen LogP contribution in [0.5, 0.6) is 0 Å². The zero-order valence-corrected chi connectivity index (χ0v) is 18.7. The number of nitrogens with one attached hydrogen (secondary N) is 1. The highest BCUT2D eigenvalue weighted by Crippen LogP contribution is 2.31. The van der Waals surface area contributed by atoms with E-state index in [4.69, 9.17) is 9.97 Å². The zero-order chi connectivity index (χ0) is 21.8. The van der Waals surface area contributed by atoms with Crippen molar-refractivity contribution >= 4 is 17.7 Å². The number of fused-ring (bicyclic) bond motifs is 1. The molecule has 0 radical (unpaired) electrons. The largest absolute Gasteiger partial charge is 0.303 e. The smallest absolute Gasteiger partial charge is 0.252 e. The van der Waals surface area contributed by atoms with Crippen molar-refractivity contribution in [2.75, 3.05) is 5.75 Å². The summed E-state index contributed by atoms with van der Waals surface area (Å²) in [5.74, 6) is 0.291. The first kappa shape index (κ1) is 20.8. The van der Waals surface area contributed by atoms with Gasteiger partial charge in [-0.3, -0.25) is 4.79 Å². The molecule has 5 rings (SSSR count).